The fraction of sp³-hybridized carbons (Fsp3) is 0.625. The molecule has 1 saturated carbocycles. The summed E-state index contributed by atoms with van der Waals surface area (Å²) in [6, 6.07) is 9.81. The number of benzene rings is 1. The molecule has 1 nitrogen and oxygen atoms in total. The molecule has 0 heterocycles. The lowest BCUT2D eigenvalue weighted by Crippen LogP contribution is -2.56. The van der Waals surface area contributed by atoms with Crippen molar-refractivity contribution in [1.29, 1.82) is 0 Å². The van der Waals surface area contributed by atoms with Gasteiger partial charge in [0, 0.05) is 6.04 Å². The number of nitrogens with one attached hydrogen (secondary N) is 1. The minimum absolute atomic E-state index is 0.436. The number of hydrogen-bond acceptors (Lipinski definition) is 1. The molecule has 0 amide bonds. The molecule has 3 atom stereocenters. The summed E-state index contributed by atoms with van der Waals surface area (Å²) >= 11 is 0. The monoisotopic (exact) mass is 231 g/mol. The van der Waals surface area contributed by atoms with Crippen molar-refractivity contribution in [2.75, 3.05) is 6.54 Å². The van der Waals surface area contributed by atoms with Crippen LogP contribution in [0.4, 0.5) is 0 Å². The molecule has 1 fully saturated rings. The van der Waals surface area contributed by atoms with Crippen LogP contribution in [0.5, 0.6) is 0 Å². The minimum atomic E-state index is 0.436. The van der Waals surface area contributed by atoms with E-state index >= 15 is 0 Å². The molecule has 1 aromatic carbocycles. The Kier molecular flexibility index (Phi) is 3.58. The summed E-state index contributed by atoms with van der Waals surface area (Å²) in [7, 11) is 0. The standard InChI is InChI=1S/C16H25N/c1-5-16(4)14(11-15(16)17-6-2)13-9-7-12(3)8-10-13/h7-10,14-15,17H,5-6,11H2,1-4H3. The molecule has 0 aromatic heterocycles. The molecule has 1 aliphatic rings. The van der Waals surface area contributed by atoms with Crippen molar-refractivity contribution in [2.45, 2.75) is 52.5 Å². The molecule has 94 valence electrons. The molecule has 2 rings (SSSR count). The maximum atomic E-state index is 3.63. The van der Waals surface area contributed by atoms with Crippen LogP contribution in [0.15, 0.2) is 24.3 Å². The number of aryl methyl sites for hydroxylation is 1. The molecule has 1 N–H and O–H groups in total. The highest BCUT2D eigenvalue weighted by molar-refractivity contribution is 5.30. The third-order valence-corrected chi connectivity index (χ3v) is 4.76. The van der Waals surface area contributed by atoms with E-state index in [0.717, 1.165) is 12.5 Å². The molecule has 17 heavy (non-hydrogen) atoms. The summed E-state index contributed by atoms with van der Waals surface area (Å²) < 4.78 is 0. The summed E-state index contributed by atoms with van der Waals surface area (Å²) in [6.45, 7) is 10.2. The second-order valence-corrected chi connectivity index (χ2v) is 5.67. The Morgan fingerprint density at radius 1 is 1.24 bits per heavy atom. The largest absolute Gasteiger partial charge is 0.314 e. The van der Waals surface area contributed by atoms with Gasteiger partial charge in [-0.1, -0.05) is 50.6 Å². The lowest BCUT2D eigenvalue weighted by atomic mass is 9.54. The highest BCUT2D eigenvalue weighted by atomic mass is 15.0. The fourth-order valence-electron chi connectivity index (χ4n) is 3.23. The van der Waals surface area contributed by atoms with Crippen molar-refractivity contribution in [1.82, 2.24) is 5.32 Å². The van der Waals surface area contributed by atoms with E-state index < -0.39 is 0 Å². The molecule has 0 radical (unpaired) electrons. The van der Waals surface area contributed by atoms with Gasteiger partial charge in [0.25, 0.3) is 0 Å². The molecule has 3 unspecified atom stereocenters. The number of hydrogen-bond donors (Lipinski definition) is 1. The number of rotatable bonds is 4. The zero-order valence-electron chi connectivity index (χ0n) is 11.6. The van der Waals surface area contributed by atoms with Gasteiger partial charge in [0.1, 0.15) is 0 Å². The van der Waals surface area contributed by atoms with Gasteiger partial charge in [-0.2, -0.15) is 0 Å². The van der Waals surface area contributed by atoms with Crippen LogP contribution in [0.3, 0.4) is 0 Å². The summed E-state index contributed by atoms with van der Waals surface area (Å²) in [6.07, 6.45) is 2.55. The first-order valence-corrected chi connectivity index (χ1v) is 6.91. The van der Waals surface area contributed by atoms with Gasteiger partial charge in [0.2, 0.25) is 0 Å². The summed E-state index contributed by atoms with van der Waals surface area (Å²) in [4.78, 5) is 0. The molecule has 1 aromatic rings. The van der Waals surface area contributed by atoms with Crippen LogP contribution in [-0.4, -0.2) is 12.6 Å². The van der Waals surface area contributed by atoms with Gasteiger partial charge in [-0.15, -0.1) is 0 Å². The Labute approximate surface area is 106 Å². The third-order valence-electron chi connectivity index (χ3n) is 4.76. The van der Waals surface area contributed by atoms with Crippen molar-refractivity contribution in [3.05, 3.63) is 35.4 Å². The van der Waals surface area contributed by atoms with Crippen LogP contribution in [0, 0.1) is 12.3 Å². The van der Waals surface area contributed by atoms with Crippen LogP contribution < -0.4 is 5.32 Å². The maximum absolute atomic E-state index is 3.63. The first-order valence-electron chi connectivity index (χ1n) is 6.91. The molecule has 0 saturated heterocycles. The average molecular weight is 231 g/mol. The van der Waals surface area contributed by atoms with E-state index in [2.05, 4.69) is 57.3 Å². The third kappa shape index (κ3) is 2.13. The van der Waals surface area contributed by atoms with E-state index in [1.807, 2.05) is 0 Å². The zero-order valence-corrected chi connectivity index (χ0v) is 11.6. The van der Waals surface area contributed by atoms with Crippen molar-refractivity contribution in [3.63, 3.8) is 0 Å². The molecule has 0 aliphatic heterocycles. The Morgan fingerprint density at radius 2 is 1.88 bits per heavy atom. The van der Waals surface area contributed by atoms with E-state index in [-0.39, 0.29) is 0 Å². The predicted molar refractivity (Wildman–Crippen MR) is 74.4 cm³/mol. The van der Waals surface area contributed by atoms with Crippen LogP contribution in [0.2, 0.25) is 0 Å². The Balaban J connectivity index is 2.16. The Morgan fingerprint density at radius 3 is 2.41 bits per heavy atom. The normalized spacial score (nSPS) is 32.2. The van der Waals surface area contributed by atoms with E-state index in [4.69, 9.17) is 0 Å². The average Bonchev–Trinajstić information content (AvgIpc) is 2.34. The molecule has 0 bridgehead atoms. The zero-order chi connectivity index (χ0) is 12.5. The van der Waals surface area contributed by atoms with Gasteiger partial charge in [-0.05, 0) is 43.2 Å². The van der Waals surface area contributed by atoms with Crippen LogP contribution in [0.25, 0.3) is 0 Å². The van der Waals surface area contributed by atoms with Gasteiger partial charge >= 0.3 is 0 Å². The predicted octanol–water partition coefficient (Wildman–Crippen LogP) is 3.88. The fourth-order valence-corrected chi connectivity index (χ4v) is 3.23. The highest BCUT2D eigenvalue weighted by Gasteiger charge is 2.50. The SMILES string of the molecule is CCNC1CC(c2ccc(C)cc2)C1(C)CC. The van der Waals surface area contributed by atoms with E-state index in [9.17, 15) is 0 Å². The quantitative estimate of drug-likeness (QED) is 0.829. The maximum Gasteiger partial charge on any atom is 0.0132 e. The van der Waals surface area contributed by atoms with Crippen molar-refractivity contribution < 1.29 is 0 Å². The van der Waals surface area contributed by atoms with Gasteiger partial charge in [-0.3, -0.25) is 0 Å². The van der Waals surface area contributed by atoms with Crippen molar-refractivity contribution >= 4 is 0 Å². The summed E-state index contributed by atoms with van der Waals surface area (Å²) in [5.74, 6) is 0.733. The van der Waals surface area contributed by atoms with Crippen LogP contribution in [0.1, 0.15) is 50.7 Å². The van der Waals surface area contributed by atoms with Gasteiger partial charge < -0.3 is 5.32 Å². The molecular weight excluding hydrogens is 206 g/mol. The Hall–Kier alpha value is -0.820. The highest BCUT2D eigenvalue weighted by Crippen LogP contribution is 2.54. The van der Waals surface area contributed by atoms with Gasteiger partial charge in [0.15, 0.2) is 0 Å². The van der Waals surface area contributed by atoms with Crippen molar-refractivity contribution in [2.24, 2.45) is 5.41 Å². The van der Waals surface area contributed by atoms with Crippen molar-refractivity contribution in [3.8, 4) is 0 Å². The minimum Gasteiger partial charge on any atom is -0.314 e. The molecule has 0 spiro atoms. The lowest BCUT2D eigenvalue weighted by molar-refractivity contribution is 0.0455. The van der Waals surface area contributed by atoms with Gasteiger partial charge in [-0.25, -0.2) is 0 Å². The van der Waals surface area contributed by atoms with Crippen LogP contribution >= 0.6 is 0 Å². The van der Waals surface area contributed by atoms with Crippen LogP contribution in [-0.2, 0) is 0 Å². The molecule has 1 aliphatic carbocycles. The Bertz CT molecular complexity index is 368. The first-order chi connectivity index (χ1) is 8.11. The second-order valence-electron chi connectivity index (χ2n) is 5.67. The van der Waals surface area contributed by atoms with E-state index in [1.54, 1.807) is 0 Å². The second kappa shape index (κ2) is 4.81. The summed E-state index contributed by atoms with van der Waals surface area (Å²) in [5.41, 5.74) is 3.31. The summed E-state index contributed by atoms with van der Waals surface area (Å²) in [5, 5.41) is 3.63. The van der Waals surface area contributed by atoms with Gasteiger partial charge in [0.05, 0.1) is 0 Å². The topological polar surface area (TPSA) is 12.0 Å². The lowest BCUT2D eigenvalue weighted by Gasteiger charge is -2.55. The molecular formula is C16H25N. The molecule has 1 heteroatoms. The van der Waals surface area contributed by atoms with E-state index in [1.165, 1.54) is 24.0 Å². The smallest absolute Gasteiger partial charge is 0.0132 e. The van der Waals surface area contributed by atoms with E-state index in [0.29, 0.717) is 11.5 Å². The first kappa shape index (κ1) is 12.6.